The maximum atomic E-state index is 11.6. The van der Waals surface area contributed by atoms with E-state index >= 15 is 0 Å². The van der Waals surface area contributed by atoms with Crippen molar-refractivity contribution in [2.75, 3.05) is 19.5 Å². The Morgan fingerprint density at radius 2 is 2.18 bits per heavy atom. The number of hydrogen-bond donors (Lipinski definition) is 1. The molecular weight excluding hydrogens is 220 g/mol. The van der Waals surface area contributed by atoms with E-state index < -0.39 is 5.97 Å². The van der Waals surface area contributed by atoms with Crippen LogP contribution in [0.3, 0.4) is 0 Å². The maximum absolute atomic E-state index is 11.6. The number of nitrogens with zero attached hydrogens (tertiary/aromatic N) is 1. The molecule has 0 bridgehead atoms. The van der Waals surface area contributed by atoms with Gasteiger partial charge < -0.3 is 15.2 Å². The molecule has 94 valence electrons. The number of pyridine rings is 1. The van der Waals surface area contributed by atoms with Gasteiger partial charge in [-0.3, -0.25) is 0 Å². The molecule has 1 heterocycles. The molecule has 5 nitrogen and oxygen atoms in total. The molecular formula is C12H18N2O3. The Hall–Kier alpha value is -1.62. The minimum absolute atomic E-state index is 0.222. The molecule has 1 aromatic heterocycles. The number of nitrogen functional groups attached to an aromatic ring is 1. The summed E-state index contributed by atoms with van der Waals surface area (Å²) in [5, 5.41) is 0. The van der Waals surface area contributed by atoms with Crippen molar-refractivity contribution in [2.24, 2.45) is 0 Å². The Labute approximate surface area is 101 Å². The minimum atomic E-state index is -0.468. The summed E-state index contributed by atoms with van der Waals surface area (Å²) in [6.45, 7) is 4.15. The third-order valence-electron chi connectivity index (χ3n) is 2.47. The van der Waals surface area contributed by atoms with Crippen molar-refractivity contribution in [1.29, 1.82) is 0 Å². The average molecular weight is 238 g/mol. The van der Waals surface area contributed by atoms with E-state index in [4.69, 9.17) is 15.2 Å². The zero-order valence-corrected chi connectivity index (χ0v) is 10.4. The second-order valence-corrected chi connectivity index (χ2v) is 4.30. The second-order valence-electron chi connectivity index (χ2n) is 4.30. The third-order valence-corrected chi connectivity index (χ3v) is 2.47. The molecule has 0 aliphatic heterocycles. The smallest absolute Gasteiger partial charge is 0.357 e. The molecule has 0 saturated heterocycles. The molecule has 2 N–H and O–H groups in total. The SMILES string of the molecule is COC(C)(C)CCOC(=O)c1cccc(N)n1. The number of rotatable bonds is 5. The first-order chi connectivity index (χ1) is 7.94. The second kappa shape index (κ2) is 5.63. The summed E-state index contributed by atoms with van der Waals surface area (Å²) in [5.41, 5.74) is 5.40. The van der Waals surface area contributed by atoms with Crippen LogP contribution in [0.15, 0.2) is 18.2 Å². The highest BCUT2D eigenvalue weighted by Crippen LogP contribution is 2.13. The van der Waals surface area contributed by atoms with Gasteiger partial charge in [0.25, 0.3) is 0 Å². The molecule has 0 aliphatic carbocycles. The highest BCUT2D eigenvalue weighted by molar-refractivity contribution is 5.87. The molecule has 17 heavy (non-hydrogen) atoms. The van der Waals surface area contributed by atoms with Crippen molar-refractivity contribution in [1.82, 2.24) is 4.98 Å². The third kappa shape index (κ3) is 4.40. The lowest BCUT2D eigenvalue weighted by Crippen LogP contribution is -2.25. The molecule has 0 unspecified atom stereocenters. The number of carbonyl (C=O) groups is 1. The van der Waals surface area contributed by atoms with Crippen LogP contribution >= 0.6 is 0 Å². The molecule has 0 radical (unpaired) electrons. The van der Waals surface area contributed by atoms with Crippen molar-refractivity contribution in [3.63, 3.8) is 0 Å². The highest BCUT2D eigenvalue weighted by atomic mass is 16.5. The molecule has 0 fully saturated rings. The van der Waals surface area contributed by atoms with Gasteiger partial charge in [-0.05, 0) is 26.0 Å². The summed E-state index contributed by atoms with van der Waals surface area (Å²) in [7, 11) is 1.63. The summed E-state index contributed by atoms with van der Waals surface area (Å²) < 4.78 is 10.3. The van der Waals surface area contributed by atoms with Crippen LogP contribution in [0.2, 0.25) is 0 Å². The topological polar surface area (TPSA) is 74.4 Å². The number of hydrogen-bond acceptors (Lipinski definition) is 5. The molecule has 1 rings (SSSR count). The van der Waals surface area contributed by atoms with Gasteiger partial charge in [0.15, 0.2) is 5.69 Å². The Kier molecular flexibility index (Phi) is 4.45. The van der Waals surface area contributed by atoms with Crippen molar-refractivity contribution >= 4 is 11.8 Å². The summed E-state index contributed by atoms with van der Waals surface area (Å²) in [6, 6.07) is 4.85. The Morgan fingerprint density at radius 1 is 1.47 bits per heavy atom. The molecule has 0 spiro atoms. The number of ether oxygens (including phenoxy) is 2. The standard InChI is InChI=1S/C12H18N2O3/c1-12(2,16-3)7-8-17-11(15)9-5-4-6-10(13)14-9/h4-6H,7-8H2,1-3H3,(H2,13,14). The van der Waals surface area contributed by atoms with Gasteiger partial charge in [-0.15, -0.1) is 0 Å². The lowest BCUT2D eigenvalue weighted by molar-refractivity contribution is -0.00580. The van der Waals surface area contributed by atoms with Crippen LogP contribution < -0.4 is 5.73 Å². The van der Waals surface area contributed by atoms with Crippen LogP contribution in [0.25, 0.3) is 0 Å². The Morgan fingerprint density at radius 3 is 2.76 bits per heavy atom. The Bertz CT molecular complexity index is 391. The predicted octanol–water partition coefficient (Wildman–Crippen LogP) is 1.64. The van der Waals surface area contributed by atoms with Gasteiger partial charge >= 0.3 is 5.97 Å². The van der Waals surface area contributed by atoms with Crippen molar-refractivity contribution in [2.45, 2.75) is 25.9 Å². The van der Waals surface area contributed by atoms with E-state index in [0.29, 0.717) is 12.2 Å². The number of nitrogens with two attached hydrogens (primary N) is 1. The molecule has 5 heteroatoms. The van der Waals surface area contributed by atoms with Crippen LogP contribution in [0, 0.1) is 0 Å². The lowest BCUT2D eigenvalue weighted by Gasteiger charge is -2.22. The van der Waals surface area contributed by atoms with Crippen LogP contribution in [0.5, 0.6) is 0 Å². The number of aromatic nitrogens is 1. The largest absolute Gasteiger partial charge is 0.461 e. The first-order valence-corrected chi connectivity index (χ1v) is 5.39. The fourth-order valence-electron chi connectivity index (χ4n) is 1.13. The van der Waals surface area contributed by atoms with E-state index in [1.165, 1.54) is 0 Å². The number of carbonyl (C=O) groups excluding carboxylic acids is 1. The van der Waals surface area contributed by atoms with Gasteiger partial charge in [0.05, 0.1) is 12.2 Å². The Balaban J connectivity index is 2.46. The highest BCUT2D eigenvalue weighted by Gasteiger charge is 2.17. The van der Waals surface area contributed by atoms with Crippen molar-refractivity contribution < 1.29 is 14.3 Å². The molecule has 0 aliphatic rings. The predicted molar refractivity (Wildman–Crippen MR) is 64.6 cm³/mol. The zero-order chi connectivity index (χ0) is 12.9. The minimum Gasteiger partial charge on any atom is -0.461 e. The van der Waals surface area contributed by atoms with Gasteiger partial charge in [0, 0.05) is 13.5 Å². The molecule has 0 aromatic carbocycles. The van der Waals surface area contributed by atoms with E-state index in [1.54, 1.807) is 25.3 Å². The van der Waals surface area contributed by atoms with Crippen LogP contribution in [-0.4, -0.2) is 30.3 Å². The van der Waals surface area contributed by atoms with Gasteiger partial charge in [-0.25, -0.2) is 9.78 Å². The lowest BCUT2D eigenvalue weighted by atomic mass is 10.1. The van der Waals surface area contributed by atoms with E-state index in [0.717, 1.165) is 0 Å². The summed E-state index contributed by atoms with van der Waals surface area (Å²) >= 11 is 0. The normalized spacial score (nSPS) is 11.2. The molecule has 1 aromatic rings. The molecule has 0 atom stereocenters. The van der Waals surface area contributed by atoms with Crippen LogP contribution in [0.1, 0.15) is 30.8 Å². The van der Waals surface area contributed by atoms with Gasteiger partial charge in [-0.2, -0.15) is 0 Å². The van der Waals surface area contributed by atoms with Gasteiger partial charge in [-0.1, -0.05) is 6.07 Å². The fraction of sp³-hybridized carbons (Fsp3) is 0.500. The molecule has 0 saturated carbocycles. The molecule has 0 amide bonds. The number of anilines is 1. The van der Waals surface area contributed by atoms with Gasteiger partial charge in [0.2, 0.25) is 0 Å². The van der Waals surface area contributed by atoms with Crippen molar-refractivity contribution in [3.8, 4) is 0 Å². The zero-order valence-electron chi connectivity index (χ0n) is 10.4. The summed E-state index contributed by atoms with van der Waals surface area (Å²) in [4.78, 5) is 15.5. The van der Waals surface area contributed by atoms with E-state index in [1.807, 2.05) is 13.8 Å². The number of esters is 1. The first-order valence-electron chi connectivity index (χ1n) is 5.39. The maximum Gasteiger partial charge on any atom is 0.357 e. The quantitative estimate of drug-likeness (QED) is 0.789. The first kappa shape index (κ1) is 13.4. The van der Waals surface area contributed by atoms with Gasteiger partial charge in [0.1, 0.15) is 5.82 Å². The number of methoxy groups -OCH3 is 1. The summed E-state index contributed by atoms with van der Waals surface area (Å²) in [5.74, 6) is -0.166. The fourth-order valence-corrected chi connectivity index (χ4v) is 1.13. The average Bonchev–Trinajstić information content (AvgIpc) is 2.28. The van der Waals surface area contributed by atoms with E-state index in [-0.39, 0.29) is 17.9 Å². The van der Waals surface area contributed by atoms with Crippen LogP contribution in [-0.2, 0) is 9.47 Å². The van der Waals surface area contributed by atoms with E-state index in [9.17, 15) is 4.79 Å². The van der Waals surface area contributed by atoms with E-state index in [2.05, 4.69) is 4.98 Å². The summed E-state index contributed by atoms with van der Waals surface area (Å²) in [6.07, 6.45) is 0.623. The van der Waals surface area contributed by atoms with Crippen molar-refractivity contribution in [3.05, 3.63) is 23.9 Å². The van der Waals surface area contributed by atoms with Crippen LogP contribution in [0.4, 0.5) is 5.82 Å². The monoisotopic (exact) mass is 238 g/mol.